The number of carbonyl (C=O) groups is 1. The van der Waals surface area contributed by atoms with Gasteiger partial charge in [0, 0.05) is 25.3 Å². The summed E-state index contributed by atoms with van der Waals surface area (Å²) in [6, 6.07) is 14.6. The lowest BCUT2D eigenvalue weighted by atomic mass is 10.1. The number of anilines is 2. The second-order valence-corrected chi connectivity index (χ2v) is 10.1. The first-order valence-electron chi connectivity index (χ1n) is 11.0. The summed E-state index contributed by atoms with van der Waals surface area (Å²) in [7, 11) is -3.62. The predicted molar refractivity (Wildman–Crippen MR) is 127 cm³/mol. The number of piperidine rings is 1. The molecule has 1 fully saturated rings. The Kier molecular flexibility index (Phi) is 7.59. The lowest BCUT2D eigenvalue weighted by molar-refractivity contribution is -0.122. The third kappa shape index (κ3) is 6.00. The first-order valence-corrected chi connectivity index (χ1v) is 12.8. The van der Waals surface area contributed by atoms with Gasteiger partial charge in [0.2, 0.25) is 15.9 Å². The highest BCUT2D eigenvalue weighted by atomic mass is 32.2. The van der Waals surface area contributed by atoms with Crippen LogP contribution in [-0.4, -0.2) is 39.7 Å². The molecule has 3 rings (SSSR count). The van der Waals surface area contributed by atoms with E-state index in [0.717, 1.165) is 30.5 Å². The van der Waals surface area contributed by atoms with Crippen molar-refractivity contribution in [3.8, 4) is 0 Å². The van der Waals surface area contributed by atoms with Crippen molar-refractivity contribution in [2.24, 2.45) is 0 Å². The molecular formula is C24H33N3O3S. The van der Waals surface area contributed by atoms with Crippen LogP contribution < -0.4 is 14.5 Å². The number of benzene rings is 2. The Morgan fingerprint density at radius 3 is 2.19 bits per heavy atom. The topological polar surface area (TPSA) is 69.7 Å². The molecule has 1 N–H and O–H groups in total. The molecule has 1 saturated heterocycles. The van der Waals surface area contributed by atoms with Gasteiger partial charge in [-0.25, -0.2) is 8.42 Å². The van der Waals surface area contributed by atoms with E-state index in [1.807, 2.05) is 38.1 Å². The third-order valence-corrected chi connectivity index (χ3v) is 6.92. The molecule has 1 unspecified atom stereocenters. The van der Waals surface area contributed by atoms with Crippen LogP contribution in [0.15, 0.2) is 48.5 Å². The summed E-state index contributed by atoms with van der Waals surface area (Å²) in [6.45, 7) is 6.31. The Balaban J connectivity index is 1.68. The number of amides is 1. The van der Waals surface area contributed by atoms with Gasteiger partial charge in [0.05, 0.1) is 11.9 Å². The lowest BCUT2D eigenvalue weighted by Crippen LogP contribution is -2.49. The van der Waals surface area contributed by atoms with Gasteiger partial charge in [-0.1, -0.05) is 36.8 Å². The molecule has 31 heavy (non-hydrogen) atoms. The fourth-order valence-electron chi connectivity index (χ4n) is 4.04. The zero-order valence-corrected chi connectivity index (χ0v) is 19.5. The molecule has 1 amide bonds. The smallest absolute Gasteiger partial charge is 0.244 e. The summed E-state index contributed by atoms with van der Waals surface area (Å²) in [5, 5.41) is 2.92. The second-order valence-electron chi connectivity index (χ2n) is 8.25. The van der Waals surface area contributed by atoms with Crippen molar-refractivity contribution in [2.75, 3.05) is 28.6 Å². The fourth-order valence-corrected chi connectivity index (χ4v) is 5.25. The number of aryl methyl sites for hydroxylation is 1. The largest absolute Gasteiger partial charge is 0.372 e. The van der Waals surface area contributed by atoms with E-state index >= 15 is 0 Å². The highest BCUT2D eigenvalue weighted by molar-refractivity contribution is 7.92. The number of sulfonamides is 1. The van der Waals surface area contributed by atoms with Crippen LogP contribution in [0.3, 0.4) is 0 Å². The van der Waals surface area contributed by atoms with Crippen LogP contribution in [-0.2, 0) is 21.4 Å². The van der Waals surface area contributed by atoms with Crippen LogP contribution in [0.4, 0.5) is 11.4 Å². The molecule has 6 nitrogen and oxygen atoms in total. The number of rotatable bonds is 8. The highest BCUT2D eigenvalue weighted by Gasteiger charge is 2.31. The molecule has 168 valence electrons. The van der Waals surface area contributed by atoms with Crippen LogP contribution >= 0.6 is 0 Å². The quantitative estimate of drug-likeness (QED) is 0.673. The zero-order chi connectivity index (χ0) is 22.4. The number of nitrogens with one attached hydrogen (secondary N) is 1. The molecule has 7 heteroatoms. The zero-order valence-electron chi connectivity index (χ0n) is 18.7. The van der Waals surface area contributed by atoms with Gasteiger partial charge in [0.25, 0.3) is 0 Å². The van der Waals surface area contributed by atoms with E-state index in [9.17, 15) is 13.2 Å². The first-order chi connectivity index (χ1) is 14.8. The molecule has 1 heterocycles. The van der Waals surface area contributed by atoms with Crippen molar-refractivity contribution in [1.82, 2.24) is 5.32 Å². The average molecular weight is 444 g/mol. The van der Waals surface area contributed by atoms with Crippen molar-refractivity contribution < 1.29 is 13.2 Å². The van der Waals surface area contributed by atoms with Crippen molar-refractivity contribution in [1.29, 1.82) is 0 Å². The van der Waals surface area contributed by atoms with Gasteiger partial charge in [0.15, 0.2) is 0 Å². The minimum Gasteiger partial charge on any atom is -0.372 e. The number of nitrogens with zero attached hydrogens (tertiary/aromatic N) is 2. The Labute approximate surface area is 186 Å². The predicted octanol–water partition coefficient (Wildman–Crippen LogP) is 3.85. The Morgan fingerprint density at radius 1 is 1.03 bits per heavy atom. The second kappa shape index (κ2) is 10.2. The normalized spacial score (nSPS) is 15.4. The molecule has 0 bridgehead atoms. The maximum atomic E-state index is 13.0. The van der Waals surface area contributed by atoms with Crippen LogP contribution in [0.2, 0.25) is 0 Å². The van der Waals surface area contributed by atoms with Gasteiger partial charge in [-0.15, -0.1) is 0 Å². The summed E-state index contributed by atoms with van der Waals surface area (Å²) in [6.07, 6.45) is 5.27. The highest BCUT2D eigenvalue weighted by Crippen LogP contribution is 2.23. The number of hydrogen-bond acceptors (Lipinski definition) is 4. The van der Waals surface area contributed by atoms with Crippen molar-refractivity contribution in [3.05, 3.63) is 59.7 Å². The summed E-state index contributed by atoms with van der Waals surface area (Å²) < 4.78 is 26.3. The van der Waals surface area contributed by atoms with E-state index in [2.05, 4.69) is 22.3 Å². The molecule has 0 aromatic heterocycles. The van der Waals surface area contributed by atoms with E-state index in [1.165, 1.54) is 29.3 Å². The Bertz CT molecular complexity index is 966. The Morgan fingerprint density at radius 2 is 1.65 bits per heavy atom. The first kappa shape index (κ1) is 23.1. The standard InChI is InChI=1S/C24H33N3O3S/c1-4-23(27(31(3,29)30)22-12-8-19(2)9-13-22)24(28)25-18-20-10-14-21(15-11-20)26-16-6-5-7-17-26/h8-15,23H,4-7,16-18H2,1-3H3,(H,25,28). The van der Waals surface area contributed by atoms with Crippen LogP contribution in [0, 0.1) is 6.92 Å². The molecule has 1 aliphatic rings. The van der Waals surface area contributed by atoms with Crippen LogP contribution in [0.25, 0.3) is 0 Å². The van der Waals surface area contributed by atoms with Crippen molar-refractivity contribution >= 4 is 27.3 Å². The fraction of sp³-hybridized carbons (Fsp3) is 0.458. The molecule has 1 aliphatic heterocycles. The SMILES string of the molecule is CCC(C(=O)NCc1ccc(N2CCCCC2)cc1)N(c1ccc(C)cc1)S(C)(=O)=O. The van der Waals surface area contributed by atoms with E-state index < -0.39 is 16.1 Å². The average Bonchev–Trinajstić information content (AvgIpc) is 2.77. The minimum atomic E-state index is -3.62. The van der Waals surface area contributed by atoms with Gasteiger partial charge >= 0.3 is 0 Å². The molecule has 2 aromatic rings. The van der Waals surface area contributed by atoms with Crippen molar-refractivity contribution in [3.63, 3.8) is 0 Å². The van der Waals surface area contributed by atoms with Gasteiger partial charge in [-0.2, -0.15) is 0 Å². The molecular weight excluding hydrogens is 410 g/mol. The van der Waals surface area contributed by atoms with E-state index in [-0.39, 0.29) is 5.91 Å². The van der Waals surface area contributed by atoms with Gasteiger partial charge in [-0.3, -0.25) is 9.10 Å². The molecule has 1 atom stereocenters. The minimum absolute atomic E-state index is 0.298. The van der Waals surface area contributed by atoms with Crippen LogP contribution in [0.1, 0.15) is 43.7 Å². The van der Waals surface area contributed by atoms with Crippen molar-refractivity contribution in [2.45, 2.75) is 52.1 Å². The molecule has 2 aromatic carbocycles. The summed E-state index contributed by atoms with van der Waals surface area (Å²) in [5.74, 6) is -0.298. The van der Waals surface area contributed by atoms with E-state index in [4.69, 9.17) is 0 Å². The van der Waals surface area contributed by atoms with Gasteiger partial charge in [0.1, 0.15) is 6.04 Å². The molecule has 0 saturated carbocycles. The molecule has 0 aliphatic carbocycles. The Hall–Kier alpha value is -2.54. The summed E-state index contributed by atoms with van der Waals surface area (Å²) in [5.41, 5.74) is 3.73. The van der Waals surface area contributed by atoms with Gasteiger partial charge < -0.3 is 10.2 Å². The molecule has 0 spiro atoms. The van der Waals surface area contributed by atoms with Crippen LogP contribution in [0.5, 0.6) is 0 Å². The summed E-state index contributed by atoms with van der Waals surface area (Å²) >= 11 is 0. The lowest BCUT2D eigenvalue weighted by Gasteiger charge is -2.30. The number of hydrogen-bond donors (Lipinski definition) is 1. The van der Waals surface area contributed by atoms with E-state index in [0.29, 0.717) is 18.7 Å². The third-order valence-electron chi connectivity index (χ3n) is 5.74. The summed E-state index contributed by atoms with van der Waals surface area (Å²) in [4.78, 5) is 15.4. The maximum absolute atomic E-state index is 13.0. The number of carbonyl (C=O) groups excluding carboxylic acids is 1. The molecule has 0 radical (unpaired) electrons. The van der Waals surface area contributed by atoms with E-state index in [1.54, 1.807) is 12.1 Å². The monoisotopic (exact) mass is 443 g/mol. The maximum Gasteiger partial charge on any atom is 0.244 e. The van der Waals surface area contributed by atoms with Gasteiger partial charge in [-0.05, 0) is 62.4 Å².